The molecule has 3 amide bonds. The topological polar surface area (TPSA) is 128 Å². The normalized spacial score (nSPS) is 23.9. The van der Waals surface area contributed by atoms with Gasteiger partial charge in [-0.3, -0.25) is 14.4 Å². The number of fused-ring (bicyclic) bond motifs is 3. The molecule has 242 valence electrons. The third-order valence-corrected chi connectivity index (χ3v) is 12.3. The number of piperidine rings is 2. The minimum atomic E-state index is -3.43. The van der Waals surface area contributed by atoms with Crippen molar-refractivity contribution in [3.05, 3.63) is 63.1 Å². The van der Waals surface area contributed by atoms with Crippen LogP contribution in [0.3, 0.4) is 0 Å². The van der Waals surface area contributed by atoms with Crippen LogP contribution in [-0.4, -0.2) is 85.4 Å². The van der Waals surface area contributed by atoms with E-state index in [9.17, 15) is 22.8 Å². The zero-order valence-corrected chi connectivity index (χ0v) is 27.4. The summed E-state index contributed by atoms with van der Waals surface area (Å²) in [4.78, 5) is 39.5. The first-order valence-electron chi connectivity index (χ1n) is 15.8. The Labute approximate surface area is 274 Å². The molecule has 4 aliphatic rings. The summed E-state index contributed by atoms with van der Waals surface area (Å²) in [6.45, 7) is 3.13. The molecule has 0 radical (unpaired) electrons. The lowest BCUT2D eigenvalue weighted by Gasteiger charge is -2.39. The fourth-order valence-corrected chi connectivity index (χ4v) is 10.1. The number of anilines is 1. The lowest BCUT2D eigenvalue weighted by molar-refractivity contribution is -0.115. The molecule has 2 bridgehead atoms. The summed E-state index contributed by atoms with van der Waals surface area (Å²) in [5, 5.41) is 9.65. The van der Waals surface area contributed by atoms with Crippen LogP contribution in [0.5, 0.6) is 0 Å². The number of nitrogens with one attached hydrogen (secondary N) is 3. The van der Waals surface area contributed by atoms with Gasteiger partial charge in [0.25, 0.3) is 11.8 Å². The minimum absolute atomic E-state index is 0.112. The van der Waals surface area contributed by atoms with E-state index in [0.29, 0.717) is 41.2 Å². The van der Waals surface area contributed by atoms with Crippen molar-refractivity contribution in [1.29, 1.82) is 0 Å². The number of hydrogen-bond donors (Lipinski definition) is 3. The highest BCUT2D eigenvalue weighted by Crippen LogP contribution is 2.39. The van der Waals surface area contributed by atoms with Crippen LogP contribution in [0.4, 0.5) is 5.69 Å². The molecule has 3 N–H and O–H groups in total. The number of likely N-dealkylation sites (tertiary alicyclic amines) is 1. The SMILES string of the molecule is O=C1Cc2cc(C(=O)NC3C[C@H]4CC[C@@H](C3)N4S(=O)(=O)CC3CCN(CCCNC(=O)c4ccc(Cl)cc4)CC3)c(Cl)cc2N1. The molecule has 2 aromatic rings. The Morgan fingerprint density at radius 1 is 0.956 bits per heavy atom. The Morgan fingerprint density at radius 2 is 1.64 bits per heavy atom. The van der Waals surface area contributed by atoms with Crippen LogP contribution in [-0.2, 0) is 21.2 Å². The highest BCUT2D eigenvalue weighted by Gasteiger charge is 2.47. The van der Waals surface area contributed by atoms with E-state index in [-0.39, 0.29) is 59.0 Å². The van der Waals surface area contributed by atoms with Gasteiger partial charge in [0.15, 0.2) is 0 Å². The molecule has 3 atom stereocenters. The average Bonchev–Trinajstić information content (AvgIpc) is 3.51. The van der Waals surface area contributed by atoms with Crippen LogP contribution < -0.4 is 16.0 Å². The van der Waals surface area contributed by atoms with E-state index in [1.54, 1.807) is 40.7 Å². The predicted molar refractivity (Wildman–Crippen MR) is 174 cm³/mol. The van der Waals surface area contributed by atoms with E-state index >= 15 is 0 Å². The Balaban J connectivity index is 0.941. The van der Waals surface area contributed by atoms with Gasteiger partial charge in [-0.2, -0.15) is 4.31 Å². The quantitative estimate of drug-likeness (QED) is 0.326. The zero-order chi connectivity index (χ0) is 31.7. The van der Waals surface area contributed by atoms with Crippen LogP contribution in [0, 0.1) is 5.92 Å². The number of amides is 3. The first-order chi connectivity index (χ1) is 21.6. The molecule has 4 heterocycles. The van der Waals surface area contributed by atoms with Gasteiger partial charge < -0.3 is 20.9 Å². The van der Waals surface area contributed by atoms with Crippen molar-refractivity contribution in [3.63, 3.8) is 0 Å². The number of hydrogen-bond acceptors (Lipinski definition) is 6. The number of halogens is 2. The Bertz CT molecular complexity index is 1550. The molecule has 3 fully saturated rings. The molecule has 3 saturated heterocycles. The van der Waals surface area contributed by atoms with Crippen molar-refractivity contribution >= 4 is 56.6 Å². The largest absolute Gasteiger partial charge is 0.352 e. The summed E-state index contributed by atoms with van der Waals surface area (Å²) in [6.07, 6.45) is 5.48. The summed E-state index contributed by atoms with van der Waals surface area (Å²) >= 11 is 12.3. The molecule has 4 aliphatic heterocycles. The fourth-order valence-electron chi connectivity index (χ4n) is 7.36. The first-order valence-corrected chi connectivity index (χ1v) is 18.1. The van der Waals surface area contributed by atoms with Crippen molar-refractivity contribution in [2.75, 3.05) is 37.2 Å². The molecule has 10 nitrogen and oxygen atoms in total. The third-order valence-electron chi connectivity index (χ3n) is 9.58. The van der Waals surface area contributed by atoms with Gasteiger partial charge in [-0.15, -0.1) is 0 Å². The first kappa shape index (κ1) is 32.2. The smallest absolute Gasteiger partial charge is 0.253 e. The summed E-state index contributed by atoms with van der Waals surface area (Å²) in [7, 11) is -3.43. The fraction of sp³-hybridized carbons (Fsp3) is 0.531. The molecule has 13 heteroatoms. The van der Waals surface area contributed by atoms with E-state index in [0.717, 1.165) is 57.3 Å². The van der Waals surface area contributed by atoms with Crippen molar-refractivity contribution < 1.29 is 22.8 Å². The molecule has 6 rings (SSSR count). The van der Waals surface area contributed by atoms with Gasteiger partial charge in [0.2, 0.25) is 15.9 Å². The predicted octanol–water partition coefficient (Wildman–Crippen LogP) is 4.08. The van der Waals surface area contributed by atoms with Gasteiger partial charge in [0.05, 0.1) is 22.8 Å². The molecule has 1 unspecified atom stereocenters. The van der Waals surface area contributed by atoms with Crippen LogP contribution in [0.1, 0.15) is 71.2 Å². The zero-order valence-electron chi connectivity index (χ0n) is 25.1. The average molecular weight is 677 g/mol. The number of carbonyl (C=O) groups is 3. The van der Waals surface area contributed by atoms with Crippen LogP contribution in [0.2, 0.25) is 10.0 Å². The van der Waals surface area contributed by atoms with Crippen molar-refractivity contribution in [2.24, 2.45) is 5.92 Å². The van der Waals surface area contributed by atoms with Crippen molar-refractivity contribution in [2.45, 2.75) is 69.5 Å². The highest BCUT2D eigenvalue weighted by atomic mass is 35.5. The van der Waals surface area contributed by atoms with Gasteiger partial charge in [0.1, 0.15) is 0 Å². The second kappa shape index (κ2) is 13.6. The number of carbonyl (C=O) groups excluding carboxylic acids is 3. The van der Waals surface area contributed by atoms with Gasteiger partial charge in [0, 0.05) is 40.9 Å². The molecule has 0 spiro atoms. The molecular weight excluding hydrogens is 637 g/mol. The molecule has 0 aliphatic carbocycles. The van der Waals surface area contributed by atoms with E-state index in [1.807, 2.05) is 0 Å². The third kappa shape index (κ3) is 7.49. The van der Waals surface area contributed by atoms with Crippen LogP contribution in [0.15, 0.2) is 36.4 Å². The maximum Gasteiger partial charge on any atom is 0.253 e. The molecule has 2 aromatic carbocycles. The number of nitrogens with zero attached hydrogens (tertiary/aromatic N) is 2. The summed E-state index contributed by atoms with van der Waals surface area (Å²) in [5.74, 6) is -0.243. The van der Waals surface area contributed by atoms with E-state index in [4.69, 9.17) is 23.2 Å². The monoisotopic (exact) mass is 675 g/mol. The minimum Gasteiger partial charge on any atom is -0.352 e. The summed E-state index contributed by atoms with van der Waals surface area (Å²) in [5.41, 5.74) is 2.31. The maximum absolute atomic E-state index is 13.7. The number of rotatable bonds is 10. The van der Waals surface area contributed by atoms with Gasteiger partial charge in [-0.25, -0.2) is 8.42 Å². The van der Waals surface area contributed by atoms with Crippen LogP contribution in [0.25, 0.3) is 0 Å². The van der Waals surface area contributed by atoms with E-state index in [2.05, 4.69) is 20.9 Å². The van der Waals surface area contributed by atoms with Crippen molar-refractivity contribution in [1.82, 2.24) is 19.8 Å². The lowest BCUT2D eigenvalue weighted by atomic mass is 9.99. The Morgan fingerprint density at radius 3 is 2.33 bits per heavy atom. The molecule has 0 aromatic heterocycles. The maximum atomic E-state index is 13.7. The summed E-state index contributed by atoms with van der Waals surface area (Å²) < 4.78 is 29.1. The molecule has 0 saturated carbocycles. The van der Waals surface area contributed by atoms with E-state index < -0.39 is 10.0 Å². The Kier molecular flexibility index (Phi) is 9.73. The number of benzene rings is 2. The van der Waals surface area contributed by atoms with Gasteiger partial charge >= 0.3 is 0 Å². The number of sulfonamides is 1. The van der Waals surface area contributed by atoms with Gasteiger partial charge in [-0.1, -0.05) is 23.2 Å². The van der Waals surface area contributed by atoms with E-state index in [1.165, 1.54) is 0 Å². The summed E-state index contributed by atoms with van der Waals surface area (Å²) in [6, 6.07) is 9.74. The highest BCUT2D eigenvalue weighted by molar-refractivity contribution is 7.89. The van der Waals surface area contributed by atoms with Crippen molar-refractivity contribution in [3.8, 4) is 0 Å². The van der Waals surface area contributed by atoms with Gasteiger partial charge in [-0.05, 0) is 112 Å². The van der Waals surface area contributed by atoms with Crippen LogP contribution >= 0.6 is 23.2 Å². The Hall–Kier alpha value is -2.70. The molecule has 45 heavy (non-hydrogen) atoms. The second-order valence-corrected chi connectivity index (χ2v) is 15.5. The molecular formula is C32H39Cl2N5O5S. The standard InChI is InChI=1S/C32H39Cl2N5O5S/c33-23-4-2-21(3-5-23)31(41)35-10-1-11-38-12-8-20(9-13-38)19-45(43,44)39-25-6-7-26(39)17-24(16-25)36-32(42)27-14-22-15-30(40)37-29(22)18-28(27)34/h2-5,14,18,20,24-26H,1,6-13,15-17,19H2,(H,35,41)(H,36,42)(H,37,40)/t24?,25-,26+. The second-order valence-electron chi connectivity index (χ2n) is 12.8. The lowest BCUT2D eigenvalue weighted by Crippen LogP contribution is -2.53.